The Labute approximate surface area is 145 Å². The van der Waals surface area contributed by atoms with E-state index in [-0.39, 0.29) is 11.3 Å². The van der Waals surface area contributed by atoms with Crippen molar-refractivity contribution >= 4 is 18.1 Å². The first-order valence-electron chi connectivity index (χ1n) is 7.21. The first kappa shape index (κ1) is 19.0. The number of carbonyl (C=O) groups is 2. The zero-order chi connectivity index (χ0) is 19.2. The molecule has 0 spiro atoms. The monoisotopic (exact) mass is 366 g/mol. The molecule has 0 aromatic heterocycles. The molecule has 136 valence electrons. The highest BCUT2D eigenvalue weighted by Gasteiger charge is 2.30. The molecule has 1 amide bonds. The summed E-state index contributed by atoms with van der Waals surface area (Å²) in [6, 6.07) is 10.1. The van der Waals surface area contributed by atoms with Crippen molar-refractivity contribution in [2.24, 2.45) is 5.10 Å². The topological polar surface area (TPSA) is 88.0 Å². The van der Waals surface area contributed by atoms with Gasteiger partial charge in [0.25, 0.3) is 5.91 Å². The number of hydrogen-bond donors (Lipinski definition) is 2. The van der Waals surface area contributed by atoms with Gasteiger partial charge in [-0.15, -0.1) is 0 Å². The van der Waals surface area contributed by atoms with Crippen LogP contribution in [0.25, 0.3) is 0 Å². The summed E-state index contributed by atoms with van der Waals surface area (Å²) >= 11 is 0. The molecule has 0 aliphatic rings. The van der Waals surface area contributed by atoms with Crippen LogP contribution in [0.15, 0.2) is 53.6 Å². The number of rotatable bonds is 6. The highest BCUT2D eigenvalue weighted by Crippen LogP contribution is 2.29. The number of para-hydroxylation sites is 1. The lowest BCUT2D eigenvalue weighted by molar-refractivity contribution is -0.139. The molecule has 26 heavy (non-hydrogen) atoms. The van der Waals surface area contributed by atoms with Crippen molar-refractivity contribution < 1.29 is 32.6 Å². The fourth-order valence-corrected chi connectivity index (χ4v) is 1.89. The Morgan fingerprint density at radius 2 is 1.77 bits per heavy atom. The van der Waals surface area contributed by atoms with E-state index >= 15 is 0 Å². The van der Waals surface area contributed by atoms with Crippen LogP contribution < -0.4 is 10.2 Å². The van der Waals surface area contributed by atoms with E-state index < -0.39 is 30.2 Å². The van der Waals surface area contributed by atoms with E-state index in [1.54, 1.807) is 18.2 Å². The van der Waals surface area contributed by atoms with Crippen LogP contribution in [0.5, 0.6) is 5.75 Å². The molecule has 2 N–H and O–H groups in total. The number of aliphatic carboxylic acids is 1. The number of carboxylic acids is 1. The Morgan fingerprint density at radius 3 is 2.38 bits per heavy atom. The molecule has 0 bridgehead atoms. The van der Waals surface area contributed by atoms with E-state index in [4.69, 9.17) is 9.84 Å². The van der Waals surface area contributed by atoms with Crippen molar-refractivity contribution in [1.82, 2.24) is 5.43 Å². The molecule has 0 unspecified atom stereocenters. The normalized spacial score (nSPS) is 11.3. The van der Waals surface area contributed by atoms with Crippen LogP contribution in [-0.2, 0) is 11.0 Å². The van der Waals surface area contributed by atoms with Crippen molar-refractivity contribution in [3.05, 3.63) is 65.2 Å². The van der Waals surface area contributed by atoms with Gasteiger partial charge in [0.2, 0.25) is 0 Å². The Balaban J connectivity index is 2.02. The molecule has 0 aliphatic carbocycles. The van der Waals surface area contributed by atoms with Gasteiger partial charge in [-0.25, -0.2) is 10.2 Å². The molecule has 0 heterocycles. The summed E-state index contributed by atoms with van der Waals surface area (Å²) in [6.45, 7) is -0.539. The van der Waals surface area contributed by atoms with E-state index in [1.165, 1.54) is 12.3 Å². The first-order chi connectivity index (χ1) is 12.3. The molecule has 0 saturated carbocycles. The van der Waals surface area contributed by atoms with Crippen LogP contribution in [0, 0.1) is 0 Å². The summed E-state index contributed by atoms with van der Waals surface area (Å²) < 4.78 is 42.5. The summed E-state index contributed by atoms with van der Waals surface area (Å²) in [5.41, 5.74) is 1.74. The standard InChI is InChI=1S/C17H13F3N2O4/c18-17(19,20)13-7-5-11(6-8-13)16(25)22-21-9-12-3-1-2-4-14(12)26-10-15(23)24/h1-9H,10H2,(H,22,25)(H,23,24)/b21-9+. The lowest BCUT2D eigenvalue weighted by atomic mass is 10.1. The number of carboxylic acid groups (broad SMARTS) is 1. The van der Waals surface area contributed by atoms with Crippen LogP contribution in [0.4, 0.5) is 13.2 Å². The Bertz CT molecular complexity index is 818. The van der Waals surface area contributed by atoms with Crippen molar-refractivity contribution in [2.75, 3.05) is 6.61 Å². The maximum Gasteiger partial charge on any atom is 0.416 e. The van der Waals surface area contributed by atoms with Gasteiger partial charge in [-0.05, 0) is 36.4 Å². The lowest BCUT2D eigenvalue weighted by Crippen LogP contribution is -2.18. The van der Waals surface area contributed by atoms with E-state index in [0.717, 1.165) is 24.3 Å². The van der Waals surface area contributed by atoms with E-state index in [0.29, 0.717) is 5.56 Å². The fourth-order valence-electron chi connectivity index (χ4n) is 1.89. The van der Waals surface area contributed by atoms with Crippen LogP contribution in [0.3, 0.4) is 0 Å². The zero-order valence-corrected chi connectivity index (χ0v) is 13.2. The number of halogens is 3. The third-order valence-corrected chi connectivity index (χ3v) is 3.11. The minimum atomic E-state index is -4.48. The average molecular weight is 366 g/mol. The van der Waals surface area contributed by atoms with Gasteiger partial charge in [0.15, 0.2) is 6.61 Å². The number of benzene rings is 2. The molecule has 0 atom stereocenters. The summed E-state index contributed by atoms with van der Waals surface area (Å²) in [5, 5.41) is 12.3. The number of carbonyl (C=O) groups excluding carboxylic acids is 1. The Kier molecular flexibility index (Phi) is 5.94. The van der Waals surface area contributed by atoms with E-state index in [9.17, 15) is 22.8 Å². The molecular formula is C17H13F3N2O4. The van der Waals surface area contributed by atoms with Crippen LogP contribution >= 0.6 is 0 Å². The third-order valence-electron chi connectivity index (χ3n) is 3.11. The molecule has 6 nitrogen and oxygen atoms in total. The van der Waals surface area contributed by atoms with Gasteiger partial charge >= 0.3 is 12.1 Å². The van der Waals surface area contributed by atoms with Crippen LogP contribution in [0.1, 0.15) is 21.5 Å². The summed E-state index contributed by atoms with van der Waals surface area (Å²) in [7, 11) is 0. The second-order valence-corrected chi connectivity index (χ2v) is 4.99. The van der Waals surface area contributed by atoms with Crippen LogP contribution in [0.2, 0.25) is 0 Å². The minimum absolute atomic E-state index is 0.00515. The lowest BCUT2D eigenvalue weighted by Gasteiger charge is -2.07. The molecule has 0 saturated heterocycles. The smallest absolute Gasteiger partial charge is 0.416 e. The van der Waals surface area contributed by atoms with Gasteiger partial charge in [-0.1, -0.05) is 12.1 Å². The van der Waals surface area contributed by atoms with Crippen LogP contribution in [-0.4, -0.2) is 29.8 Å². The molecular weight excluding hydrogens is 353 g/mol. The van der Waals surface area contributed by atoms with E-state index in [1.807, 2.05) is 0 Å². The number of nitrogens with one attached hydrogen (secondary N) is 1. The number of hydrogen-bond acceptors (Lipinski definition) is 4. The predicted octanol–water partition coefficient (Wildman–Crippen LogP) is 2.93. The minimum Gasteiger partial charge on any atom is -0.481 e. The maximum atomic E-state index is 12.5. The molecule has 2 aromatic carbocycles. The van der Waals surface area contributed by atoms with E-state index in [2.05, 4.69) is 10.5 Å². The number of nitrogens with zero attached hydrogens (tertiary/aromatic N) is 1. The molecule has 2 rings (SSSR count). The maximum absolute atomic E-state index is 12.5. The van der Waals surface area contributed by atoms with Crippen molar-refractivity contribution in [3.63, 3.8) is 0 Å². The third kappa shape index (κ3) is 5.33. The zero-order valence-electron chi connectivity index (χ0n) is 13.2. The molecule has 0 radical (unpaired) electrons. The predicted molar refractivity (Wildman–Crippen MR) is 86.1 cm³/mol. The molecule has 0 fully saturated rings. The summed E-state index contributed by atoms with van der Waals surface area (Å²) in [4.78, 5) is 22.4. The van der Waals surface area contributed by atoms with Gasteiger partial charge < -0.3 is 9.84 Å². The second-order valence-electron chi connectivity index (χ2n) is 4.99. The van der Waals surface area contributed by atoms with Gasteiger partial charge in [0.1, 0.15) is 5.75 Å². The second kappa shape index (κ2) is 8.15. The highest BCUT2D eigenvalue weighted by molar-refractivity contribution is 5.95. The molecule has 2 aromatic rings. The summed E-state index contributed by atoms with van der Waals surface area (Å²) in [5.74, 6) is -1.59. The van der Waals surface area contributed by atoms with Crippen molar-refractivity contribution in [3.8, 4) is 5.75 Å². The van der Waals surface area contributed by atoms with Crippen molar-refractivity contribution in [2.45, 2.75) is 6.18 Å². The number of ether oxygens (including phenoxy) is 1. The number of amides is 1. The average Bonchev–Trinajstić information content (AvgIpc) is 2.60. The fraction of sp³-hybridized carbons (Fsp3) is 0.118. The van der Waals surface area contributed by atoms with Gasteiger partial charge in [-0.2, -0.15) is 18.3 Å². The number of hydrazone groups is 1. The first-order valence-corrected chi connectivity index (χ1v) is 7.21. The number of alkyl halides is 3. The quantitative estimate of drug-likeness (QED) is 0.608. The molecule has 9 heteroatoms. The molecule has 0 aliphatic heterocycles. The largest absolute Gasteiger partial charge is 0.481 e. The summed E-state index contributed by atoms with van der Waals surface area (Å²) in [6.07, 6.45) is -3.24. The van der Waals surface area contributed by atoms with Gasteiger partial charge in [-0.3, -0.25) is 4.79 Å². The Morgan fingerprint density at radius 1 is 1.12 bits per heavy atom. The van der Waals surface area contributed by atoms with Gasteiger partial charge in [0, 0.05) is 11.1 Å². The van der Waals surface area contributed by atoms with Crippen molar-refractivity contribution in [1.29, 1.82) is 0 Å². The Hall–Kier alpha value is -3.36. The SMILES string of the molecule is O=C(O)COc1ccccc1/C=N/NC(=O)c1ccc(C(F)(F)F)cc1. The highest BCUT2D eigenvalue weighted by atomic mass is 19.4. The van der Waals surface area contributed by atoms with Gasteiger partial charge in [0.05, 0.1) is 11.8 Å².